The van der Waals surface area contributed by atoms with Crippen molar-refractivity contribution in [1.82, 2.24) is 9.80 Å². The van der Waals surface area contributed by atoms with E-state index < -0.39 is 6.04 Å². The van der Waals surface area contributed by atoms with Crippen molar-refractivity contribution >= 4 is 17.7 Å². The molecule has 3 amide bonds. The third kappa shape index (κ3) is 2.32. The van der Waals surface area contributed by atoms with Gasteiger partial charge in [0.1, 0.15) is 6.04 Å². The molecular weight excluding hydrogens is 292 g/mol. The fourth-order valence-corrected chi connectivity index (χ4v) is 4.62. The Bertz CT molecular complexity index is 520. The fourth-order valence-electron chi connectivity index (χ4n) is 4.62. The van der Waals surface area contributed by atoms with Crippen LogP contribution in [0.15, 0.2) is 12.2 Å². The van der Waals surface area contributed by atoms with Gasteiger partial charge in [0.15, 0.2) is 0 Å². The van der Waals surface area contributed by atoms with Gasteiger partial charge in [-0.3, -0.25) is 19.3 Å². The zero-order valence-corrected chi connectivity index (χ0v) is 14.2. The molecule has 0 unspecified atom stereocenters. The molecule has 0 N–H and O–H groups in total. The van der Waals surface area contributed by atoms with E-state index >= 15 is 0 Å². The molecule has 1 heterocycles. The summed E-state index contributed by atoms with van der Waals surface area (Å²) in [5.74, 6) is -0.453. The molecule has 0 aromatic carbocycles. The van der Waals surface area contributed by atoms with Gasteiger partial charge in [0, 0.05) is 13.1 Å². The van der Waals surface area contributed by atoms with Gasteiger partial charge in [-0.2, -0.15) is 0 Å². The van der Waals surface area contributed by atoms with Crippen molar-refractivity contribution in [3.05, 3.63) is 12.2 Å². The van der Waals surface area contributed by atoms with Crippen LogP contribution in [0.2, 0.25) is 0 Å². The molecule has 1 aliphatic heterocycles. The van der Waals surface area contributed by atoms with Crippen molar-refractivity contribution in [2.45, 2.75) is 46.1 Å². The summed E-state index contributed by atoms with van der Waals surface area (Å²) in [7, 11) is 0. The molecular formula is C18H26N2O3. The Labute approximate surface area is 137 Å². The van der Waals surface area contributed by atoms with Crippen molar-refractivity contribution in [2.24, 2.45) is 23.7 Å². The molecule has 5 heteroatoms. The van der Waals surface area contributed by atoms with E-state index in [1.807, 2.05) is 20.8 Å². The largest absolute Gasteiger partial charge is 0.341 e. The van der Waals surface area contributed by atoms with Crippen LogP contribution in [0.25, 0.3) is 0 Å². The molecule has 0 aromatic heterocycles. The zero-order chi connectivity index (χ0) is 16.7. The number of likely N-dealkylation sites (tertiary alicyclic amines) is 1. The van der Waals surface area contributed by atoms with Crippen LogP contribution in [0.1, 0.15) is 40.0 Å². The number of nitrogens with zero attached hydrogens (tertiary/aromatic N) is 2. The summed E-state index contributed by atoms with van der Waals surface area (Å²) in [4.78, 5) is 41.7. The maximum absolute atomic E-state index is 12.9. The molecule has 0 spiro atoms. The first-order valence-corrected chi connectivity index (χ1v) is 8.89. The third-order valence-corrected chi connectivity index (χ3v) is 5.85. The Balaban J connectivity index is 1.89. The second-order valence-electron chi connectivity index (χ2n) is 6.82. The first-order valence-electron chi connectivity index (χ1n) is 8.89. The molecule has 2 fully saturated rings. The molecule has 126 valence electrons. The Hall–Kier alpha value is -1.65. The van der Waals surface area contributed by atoms with E-state index in [4.69, 9.17) is 0 Å². The summed E-state index contributed by atoms with van der Waals surface area (Å²) < 4.78 is 0. The number of rotatable bonds is 5. The van der Waals surface area contributed by atoms with E-state index in [0.29, 0.717) is 19.5 Å². The minimum Gasteiger partial charge on any atom is -0.341 e. The SMILES string of the molecule is CC[C@@H](C(=O)N(CC)CC)N1C(=O)[C@@H]2[C@H](C1=O)[C@H]1C=C[C@H]2CC1. The average Bonchev–Trinajstić information content (AvgIpc) is 2.85. The fraction of sp³-hybridized carbons (Fsp3) is 0.722. The van der Waals surface area contributed by atoms with Crippen molar-refractivity contribution in [3.63, 3.8) is 0 Å². The number of hydrogen-bond donors (Lipinski definition) is 0. The smallest absolute Gasteiger partial charge is 0.245 e. The monoisotopic (exact) mass is 318 g/mol. The van der Waals surface area contributed by atoms with Crippen LogP contribution in [0.4, 0.5) is 0 Å². The molecule has 4 aliphatic rings. The number of fused-ring (bicyclic) bond motifs is 1. The van der Waals surface area contributed by atoms with E-state index in [-0.39, 0.29) is 41.4 Å². The van der Waals surface area contributed by atoms with Gasteiger partial charge < -0.3 is 4.90 Å². The van der Waals surface area contributed by atoms with Crippen LogP contribution in [0.5, 0.6) is 0 Å². The van der Waals surface area contributed by atoms with Gasteiger partial charge in [0.05, 0.1) is 11.8 Å². The minimum atomic E-state index is -0.639. The van der Waals surface area contributed by atoms with Gasteiger partial charge >= 0.3 is 0 Å². The Morgan fingerprint density at radius 2 is 1.57 bits per heavy atom. The number of imide groups is 1. The average molecular weight is 318 g/mol. The molecule has 5 atom stereocenters. The number of allylic oxidation sites excluding steroid dienone is 2. The highest BCUT2D eigenvalue weighted by Crippen LogP contribution is 2.50. The topological polar surface area (TPSA) is 57.7 Å². The second kappa shape index (κ2) is 6.10. The van der Waals surface area contributed by atoms with Gasteiger partial charge in [-0.05, 0) is 44.9 Å². The van der Waals surface area contributed by atoms with Gasteiger partial charge in [-0.25, -0.2) is 0 Å². The molecule has 0 radical (unpaired) electrons. The highest BCUT2D eigenvalue weighted by atomic mass is 16.2. The standard InChI is InChI=1S/C18H26N2O3/c1-4-13(16(21)19(5-2)6-3)20-17(22)14-11-7-8-12(10-9-11)15(14)18(20)23/h7-8,11-15H,4-6,9-10H2,1-3H3/t11-,12-,13-,14-,15+/m0/s1. The predicted octanol–water partition coefficient (Wildman–Crippen LogP) is 1.83. The number of carbonyl (C=O) groups is 3. The summed E-state index contributed by atoms with van der Waals surface area (Å²) in [6, 6.07) is -0.639. The van der Waals surface area contributed by atoms with Gasteiger partial charge in [0.25, 0.3) is 0 Å². The summed E-state index contributed by atoms with van der Waals surface area (Å²) in [5, 5.41) is 0. The summed E-state index contributed by atoms with van der Waals surface area (Å²) in [6.45, 7) is 6.92. The number of carbonyl (C=O) groups excluding carboxylic acids is 3. The van der Waals surface area contributed by atoms with Gasteiger partial charge in [-0.1, -0.05) is 19.1 Å². The van der Waals surface area contributed by atoms with Crippen LogP contribution >= 0.6 is 0 Å². The third-order valence-electron chi connectivity index (χ3n) is 5.85. The highest BCUT2D eigenvalue weighted by molar-refractivity contribution is 6.09. The molecule has 2 bridgehead atoms. The van der Waals surface area contributed by atoms with Crippen LogP contribution in [-0.2, 0) is 14.4 Å². The van der Waals surface area contributed by atoms with Crippen molar-refractivity contribution < 1.29 is 14.4 Å². The van der Waals surface area contributed by atoms with Gasteiger partial charge in [0.2, 0.25) is 17.7 Å². The molecule has 23 heavy (non-hydrogen) atoms. The van der Waals surface area contributed by atoms with Crippen molar-refractivity contribution in [1.29, 1.82) is 0 Å². The van der Waals surface area contributed by atoms with E-state index in [9.17, 15) is 14.4 Å². The molecule has 5 nitrogen and oxygen atoms in total. The second-order valence-corrected chi connectivity index (χ2v) is 6.82. The van der Waals surface area contributed by atoms with E-state index in [1.54, 1.807) is 4.90 Å². The molecule has 1 saturated heterocycles. The number of likely N-dealkylation sites (N-methyl/N-ethyl adjacent to an activating group) is 1. The zero-order valence-electron chi connectivity index (χ0n) is 14.2. The molecule has 3 aliphatic carbocycles. The number of amides is 3. The first-order chi connectivity index (χ1) is 11.0. The lowest BCUT2D eigenvalue weighted by molar-refractivity contribution is -0.151. The lowest BCUT2D eigenvalue weighted by Gasteiger charge is -2.38. The highest BCUT2D eigenvalue weighted by Gasteiger charge is 2.58. The summed E-state index contributed by atoms with van der Waals surface area (Å²) in [6.07, 6.45) is 6.66. The molecule has 0 aromatic rings. The maximum Gasteiger partial charge on any atom is 0.245 e. The molecule has 4 rings (SSSR count). The first kappa shape index (κ1) is 16.2. The summed E-state index contributed by atoms with van der Waals surface area (Å²) in [5.41, 5.74) is 0. The minimum absolute atomic E-state index is 0.0989. The lowest BCUT2D eigenvalue weighted by Crippen LogP contribution is -2.51. The lowest BCUT2D eigenvalue weighted by atomic mass is 9.63. The predicted molar refractivity (Wildman–Crippen MR) is 86.2 cm³/mol. The quantitative estimate of drug-likeness (QED) is 0.574. The van der Waals surface area contributed by atoms with Crippen molar-refractivity contribution in [3.8, 4) is 0 Å². The molecule has 1 saturated carbocycles. The summed E-state index contributed by atoms with van der Waals surface area (Å²) >= 11 is 0. The van der Waals surface area contributed by atoms with Crippen LogP contribution in [-0.4, -0.2) is 46.7 Å². The normalized spacial score (nSPS) is 33.1. The van der Waals surface area contributed by atoms with Crippen LogP contribution in [0.3, 0.4) is 0 Å². The maximum atomic E-state index is 12.9. The Kier molecular flexibility index (Phi) is 4.30. The van der Waals surface area contributed by atoms with Gasteiger partial charge in [-0.15, -0.1) is 0 Å². The Morgan fingerprint density at radius 1 is 1.09 bits per heavy atom. The van der Waals surface area contributed by atoms with Crippen LogP contribution < -0.4 is 0 Å². The van der Waals surface area contributed by atoms with E-state index in [1.165, 1.54) is 4.90 Å². The number of hydrogen-bond acceptors (Lipinski definition) is 3. The van der Waals surface area contributed by atoms with E-state index in [0.717, 1.165) is 12.8 Å². The van der Waals surface area contributed by atoms with Crippen LogP contribution in [0, 0.1) is 23.7 Å². The Morgan fingerprint density at radius 3 is 1.91 bits per heavy atom. The van der Waals surface area contributed by atoms with E-state index in [2.05, 4.69) is 12.2 Å². The van der Waals surface area contributed by atoms with Crippen molar-refractivity contribution in [2.75, 3.05) is 13.1 Å².